The van der Waals surface area contributed by atoms with E-state index in [0.717, 1.165) is 48.8 Å². The number of aromatic nitrogens is 1. The summed E-state index contributed by atoms with van der Waals surface area (Å²) in [4.78, 5) is 129. The summed E-state index contributed by atoms with van der Waals surface area (Å²) in [6.45, 7) is 6.70. The number of amides is 9. The van der Waals surface area contributed by atoms with Crippen LogP contribution in [0.4, 0.5) is 4.79 Å². The number of hydrogen-bond acceptors (Lipinski definition) is 18. The number of aromatic amines is 1. The van der Waals surface area contributed by atoms with Gasteiger partial charge in [0, 0.05) is 62.0 Å². The molecule has 6 rings (SSSR count). The summed E-state index contributed by atoms with van der Waals surface area (Å²) in [6.07, 6.45) is 4.47. The summed E-state index contributed by atoms with van der Waals surface area (Å²) in [5.41, 5.74) is -0.813. The molecule has 460 valence electrons. The van der Waals surface area contributed by atoms with Crippen LogP contribution in [0.2, 0.25) is 0 Å². The molecule has 4 heterocycles. The lowest BCUT2D eigenvalue weighted by atomic mass is 9.95. The summed E-state index contributed by atoms with van der Waals surface area (Å²) in [5, 5.41) is 55.1. The highest BCUT2D eigenvalue weighted by Gasteiger charge is 2.44. The number of aliphatic hydroxyl groups is 3. The van der Waals surface area contributed by atoms with Crippen LogP contribution >= 0.6 is 11.8 Å². The maximum atomic E-state index is 14.7. The van der Waals surface area contributed by atoms with Crippen LogP contribution in [0.25, 0.3) is 10.9 Å². The lowest BCUT2D eigenvalue weighted by Gasteiger charge is -2.31. The average Bonchev–Trinajstić information content (AvgIpc) is 4.22. The molecule has 0 radical (unpaired) electrons. The molecule has 2 unspecified atom stereocenters. The van der Waals surface area contributed by atoms with Crippen LogP contribution in [0, 0.1) is 0 Å². The SMILES string of the molecule is C[C@@H]1NC(=O)C2C[C@@H](O)CN2C(=O)[C@H]2CSc3[nH]c4ccccc4c3C[C@H](NC1=O)C(=O)N[C@H](C[C@@](C)(O)CNC(=O)CCOCCOCCOCCOCCNC(=O)OC1CC/C=C/CCC1)C(=O)N[C@@H](C)C(=O)N[C@H]([C@H](C)O)C(=O)N2. The number of ether oxygens (including phenoxy) is 5. The highest BCUT2D eigenvalue weighted by Crippen LogP contribution is 2.32. The molecule has 1 fully saturated rings. The number of benzene rings is 1. The number of alkyl carbamates (subject to hydrolysis) is 1. The van der Waals surface area contributed by atoms with Gasteiger partial charge in [-0.1, -0.05) is 30.4 Å². The quantitative estimate of drug-likeness (QED) is 0.0497. The normalized spacial score (nSPS) is 26.7. The first-order valence-electron chi connectivity index (χ1n) is 28.3. The predicted molar refractivity (Wildman–Crippen MR) is 300 cm³/mol. The van der Waals surface area contributed by atoms with Gasteiger partial charge in [-0.2, -0.15) is 0 Å². The number of H-pyrrole nitrogens is 1. The van der Waals surface area contributed by atoms with Crippen LogP contribution in [-0.4, -0.2) is 223 Å². The molecule has 1 aromatic carbocycles. The Labute approximate surface area is 485 Å². The van der Waals surface area contributed by atoms with E-state index in [4.69, 9.17) is 23.7 Å². The highest BCUT2D eigenvalue weighted by atomic mass is 32.2. The van der Waals surface area contributed by atoms with Gasteiger partial charge in [-0.25, -0.2) is 4.79 Å². The molecule has 1 aliphatic carbocycles. The second kappa shape index (κ2) is 32.6. The van der Waals surface area contributed by atoms with Gasteiger partial charge in [0.2, 0.25) is 47.3 Å². The first kappa shape index (κ1) is 65.7. The third-order valence-electron chi connectivity index (χ3n) is 14.3. The van der Waals surface area contributed by atoms with Crippen molar-refractivity contribution in [1.82, 2.24) is 52.4 Å². The number of aliphatic hydroxyl groups excluding tert-OH is 2. The molecule has 27 nitrogen and oxygen atoms in total. The van der Waals surface area contributed by atoms with E-state index in [2.05, 4.69) is 59.7 Å². The summed E-state index contributed by atoms with van der Waals surface area (Å²) < 4.78 is 27.6. The molecule has 0 spiro atoms. The zero-order valence-electron chi connectivity index (χ0n) is 47.5. The Kier molecular flexibility index (Phi) is 25.8. The van der Waals surface area contributed by atoms with E-state index in [1.165, 1.54) is 27.7 Å². The number of fused-ring (bicyclic) bond motifs is 5. The molecule has 12 N–H and O–H groups in total. The summed E-state index contributed by atoms with van der Waals surface area (Å²) in [7, 11) is 0. The fourth-order valence-electron chi connectivity index (χ4n) is 9.72. The van der Waals surface area contributed by atoms with E-state index in [-0.39, 0.29) is 64.1 Å². The minimum Gasteiger partial charge on any atom is -0.446 e. The van der Waals surface area contributed by atoms with Gasteiger partial charge >= 0.3 is 6.09 Å². The molecule has 4 aliphatic rings. The van der Waals surface area contributed by atoms with Crippen molar-refractivity contribution < 1.29 is 82.2 Å². The van der Waals surface area contributed by atoms with Crippen molar-refractivity contribution in [2.75, 3.05) is 78.2 Å². The molecule has 2 bridgehead atoms. The molecule has 0 saturated carbocycles. The zero-order valence-corrected chi connectivity index (χ0v) is 48.3. The smallest absolute Gasteiger partial charge is 0.407 e. The Hall–Kier alpha value is -6.40. The second-order valence-electron chi connectivity index (χ2n) is 21.4. The predicted octanol–water partition coefficient (Wildman–Crippen LogP) is -1.55. The van der Waals surface area contributed by atoms with Crippen molar-refractivity contribution >= 4 is 76.0 Å². The number of thioether (sulfide) groups is 1. The minimum atomic E-state index is -1.91. The summed E-state index contributed by atoms with van der Waals surface area (Å²) in [5.74, 6) is -7.00. The second-order valence-corrected chi connectivity index (χ2v) is 22.4. The minimum absolute atomic E-state index is 0.00145. The topological polar surface area (TPSA) is 376 Å². The Morgan fingerprint density at radius 3 is 2.11 bits per heavy atom. The van der Waals surface area contributed by atoms with Crippen molar-refractivity contribution in [3.63, 3.8) is 0 Å². The maximum Gasteiger partial charge on any atom is 0.407 e. The van der Waals surface area contributed by atoms with Crippen LogP contribution < -0.4 is 42.5 Å². The van der Waals surface area contributed by atoms with Crippen LogP contribution in [-0.2, 0) is 68.5 Å². The molecule has 1 saturated heterocycles. The van der Waals surface area contributed by atoms with Gasteiger partial charge in [0.25, 0.3) is 0 Å². The molecule has 2 aromatic rings. The highest BCUT2D eigenvalue weighted by molar-refractivity contribution is 7.99. The molecular weight excluding hydrogens is 1100 g/mol. The molecule has 28 heteroatoms. The fraction of sp³-hybridized carbons (Fsp3) is 0.655. The van der Waals surface area contributed by atoms with Gasteiger partial charge in [-0.3, -0.25) is 38.4 Å². The van der Waals surface area contributed by atoms with E-state index < -0.39 is 126 Å². The lowest BCUT2D eigenvalue weighted by molar-refractivity contribution is -0.142. The first-order valence-corrected chi connectivity index (χ1v) is 29.3. The molecule has 83 heavy (non-hydrogen) atoms. The molecule has 1 aromatic heterocycles. The number of para-hydroxylation sites is 1. The van der Waals surface area contributed by atoms with Gasteiger partial charge in [-0.05, 0) is 71.4 Å². The standard InChI is InChI=1S/C55H82N10O17S/c1-32-46(69)60-40-27-38-37-14-10-11-15-39(37)63-52(38)83-30-42(53(75)65-29-35(67)26-43(65)50(73)59-32)62-51(74)45(34(3)66)64-47(70)33(2)58-49(72)41(61-48(40)71)28-55(4,77)31-57-44(68)16-18-78-20-22-80-24-25-81-23-21-79-19-17-56-54(76)82-36-12-8-6-5-7-9-13-36/h5-6,10-11,14-15,32-36,40-43,45,63,66-67,77H,7-9,12-13,16-31H2,1-4H3,(H,56,76)(H,57,68)(H,58,72)(H,59,73)(H,60,69)(H,61,71)(H,62,74)(H,64,70)/b6-5+/t32-,33-,34-,35+,36?,40-,41+,42+,43?,45+,55+/m0/s1. The van der Waals surface area contributed by atoms with Gasteiger partial charge in [0.05, 0.1) is 75.7 Å². The van der Waals surface area contributed by atoms with Crippen LogP contribution in [0.3, 0.4) is 0 Å². The van der Waals surface area contributed by atoms with Crippen molar-refractivity contribution in [3.8, 4) is 0 Å². The van der Waals surface area contributed by atoms with Crippen LogP contribution in [0.15, 0.2) is 41.4 Å². The van der Waals surface area contributed by atoms with E-state index in [9.17, 15) is 58.5 Å². The van der Waals surface area contributed by atoms with Crippen molar-refractivity contribution in [2.45, 2.75) is 157 Å². The molecular formula is C55H82N10O17S. The number of allylic oxidation sites excluding steroid dienone is 2. The van der Waals surface area contributed by atoms with E-state index in [0.29, 0.717) is 54.5 Å². The number of carbonyl (C=O) groups excluding carboxylic acids is 9. The van der Waals surface area contributed by atoms with E-state index >= 15 is 0 Å². The van der Waals surface area contributed by atoms with E-state index in [1.807, 2.05) is 0 Å². The fourth-order valence-corrected chi connectivity index (χ4v) is 10.8. The number of rotatable bonds is 21. The van der Waals surface area contributed by atoms with Crippen molar-refractivity contribution in [3.05, 3.63) is 42.0 Å². The van der Waals surface area contributed by atoms with Crippen LogP contribution in [0.5, 0.6) is 0 Å². The number of carbonyl (C=O) groups is 9. The maximum absolute atomic E-state index is 14.7. The first-order chi connectivity index (χ1) is 39.7. The van der Waals surface area contributed by atoms with Gasteiger partial charge < -0.3 is 91.4 Å². The van der Waals surface area contributed by atoms with E-state index in [1.54, 1.807) is 24.3 Å². The van der Waals surface area contributed by atoms with Crippen molar-refractivity contribution in [2.24, 2.45) is 0 Å². The van der Waals surface area contributed by atoms with Crippen LogP contribution in [0.1, 0.15) is 84.6 Å². The largest absolute Gasteiger partial charge is 0.446 e. The lowest BCUT2D eigenvalue weighted by Crippen LogP contribution is -2.62. The summed E-state index contributed by atoms with van der Waals surface area (Å²) in [6, 6.07) is -3.27. The zero-order chi connectivity index (χ0) is 60.1. The van der Waals surface area contributed by atoms with Gasteiger partial charge in [-0.15, -0.1) is 11.8 Å². The number of hydrogen-bond donors (Lipinski definition) is 12. The third kappa shape index (κ3) is 20.7. The van der Waals surface area contributed by atoms with Gasteiger partial charge in [0.15, 0.2) is 0 Å². The molecule has 11 atom stereocenters. The summed E-state index contributed by atoms with van der Waals surface area (Å²) >= 11 is 1.07. The molecule has 3 aliphatic heterocycles. The Bertz CT molecular complexity index is 2580. The number of nitrogens with zero attached hydrogens (tertiary/aromatic N) is 1. The number of nitrogens with one attached hydrogen (secondary N) is 9. The van der Waals surface area contributed by atoms with Crippen molar-refractivity contribution in [1.29, 1.82) is 0 Å². The average molecular weight is 1190 g/mol. The Morgan fingerprint density at radius 1 is 0.759 bits per heavy atom. The van der Waals surface area contributed by atoms with Gasteiger partial charge in [0.1, 0.15) is 48.4 Å². The Morgan fingerprint density at radius 2 is 1.40 bits per heavy atom. The third-order valence-corrected chi connectivity index (χ3v) is 15.4. The molecule has 9 amide bonds. The Balaban J connectivity index is 1.05. The monoisotopic (exact) mass is 1190 g/mol.